The smallest absolute Gasteiger partial charge is 0.258 e. The first kappa shape index (κ1) is 16.5. The fourth-order valence-corrected chi connectivity index (χ4v) is 2.12. The van der Waals surface area contributed by atoms with Gasteiger partial charge in [0.1, 0.15) is 5.75 Å². The summed E-state index contributed by atoms with van der Waals surface area (Å²) in [5.41, 5.74) is 0.605. The van der Waals surface area contributed by atoms with Crippen LogP contribution in [0.1, 0.15) is 25.8 Å². The van der Waals surface area contributed by atoms with Crippen LogP contribution in [0.15, 0.2) is 23.1 Å². The number of sulfonamides is 1. The van der Waals surface area contributed by atoms with E-state index < -0.39 is 10.0 Å². The summed E-state index contributed by atoms with van der Waals surface area (Å²) < 4.78 is 27.7. The summed E-state index contributed by atoms with van der Waals surface area (Å²) in [6.45, 7) is 5.46. The van der Waals surface area contributed by atoms with E-state index in [1.54, 1.807) is 6.92 Å². The van der Waals surface area contributed by atoms with Crippen LogP contribution in [0.25, 0.3) is 0 Å². The Morgan fingerprint density at radius 3 is 2.60 bits per heavy atom. The molecule has 0 saturated carbocycles. The van der Waals surface area contributed by atoms with Gasteiger partial charge in [0.25, 0.3) is 5.91 Å². The maximum absolute atomic E-state index is 11.6. The number of ether oxygens (including phenoxy) is 1. The van der Waals surface area contributed by atoms with Crippen molar-refractivity contribution in [2.45, 2.75) is 38.1 Å². The molecule has 1 rings (SSSR count). The van der Waals surface area contributed by atoms with Gasteiger partial charge in [0.05, 0.1) is 4.90 Å². The number of hydrogen-bond acceptors (Lipinski definition) is 4. The summed E-state index contributed by atoms with van der Waals surface area (Å²) in [6.07, 6.45) is 0.841. The maximum atomic E-state index is 11.6. The zero-order valence-electron chi connectivity index (χ0n) is 11.8. The topological polar surface area (TPSA) is 98.5 Å². The predicted molar refractivity (Wildman–Crippen MR) is 75.9 cm³/mol. The number of carbonyl (C=O) groups excluding carboxylic acids is 1. The number of nitrogens with two attached hydrogens (primary N) is 1. The third-order valence-electron chi connectivity index (χ3n) is 2.85. The Bertz CT molecular complexity index is 584. The Labute approximate surface area is 119 Å². The van der Waals surface area contributed by atoms with Crippen molar-refractivity contribution in [3.8, 4) is 5.75 Å². The van der Waals surface area contributed by atoms with Crippen molar-refractivity contribution >= 4 is 15.9 Å². The van der Waals surface area contributed by atoms with Crippen molar-refractivity contribution in [2.24, 2.45) is 5.14 Å². The first-order chi connectivity index (χ1) is 9.24. The lowest BCUT2D eigenvalue weighted by Gasteiger charge is -2.13. The van der Waals surface area contributed by atoms with Crippen LogP contribution in [0.5, 0.6) is 5.75 Å². The minimum absolute atomic E-state index is 0.0198. The Morgan fingerprint density at radius 2 is 2.10 bits per heavy atom. The van der Waals surface area contributed by atoms with E-state index in [4.69, 9.17) is 9.88 Å². The first-order valence-electron chi connectivity index (χ1n) is 6.29. The molecule has 1 aromatic carbocycles. The van der Waals surface area contributed by atoms with Crippen LogP contribution in [0.2, 0.25) is 0 Å². The molecule has 0 bridgehead atoms. The third kappa shape index (κ3) is 4.82. The van der Waals surface area contributed by atoms with Gasteiger partial charge in [-0.25, -0.2) is 13.6 Å². The first-order valence-corrected chi connectivity index (χ1v) is 7.84. The van der Waals surface area contributed by atoms with E-state index >= 15 is 0 Å². The highest BCUT2D eigenvalue weighted by atomic mass is 32.2. The molecule has 0 radical (unpaired) electrons. The SMILES string of the molecule is CCC(C)NC(=O)COc1ccc(S(N)(=O)=O)cc1C. The molecule has 6 nitrogen and oxygen atoms in total. The second kappa shape index (κ2) is 6.71. The lowest BCUT2D eigenvalue weighted by Crippen LogP contribution is -2.35. The van der Waals surface area contributed by atoms with Crippen molar-refractivity contribution in [3.63, 3.8) is 0 Å². The van der Waals surface area contributed by atoms with E-state index in [2.05, 4.69) is 5.32 Å². The maximum Gasteiger partial charge on any atom is 0.258 e. The van der Waals surface area contributed by atoms with Crippen LogP contribution in [0, 0.1) is 6.92 Å². The quantitative estimate of drug-likeness (QED) is 0.816. The molecule has 20 heavy (non-hydrogen) atoms. The Kier molecular flexibility index (Phi) is 5.52. The molecule has 0 aromatic heterocycles. The molecule has 1 aromatic rings. The lowest BCUT2D eigenvalue weighted by atomic mass is 10.2. The molecule has 0 fully saturated rings. The molecular weight excluding hydrogens is 280 g/mol. The largest absolute Gasteiger partial charge is 0.484 e. The van der Waals surface area contributed by atoms with Crippen LogP contribution in [-0.4, -0.2) is 27.0 Å². The molecule has 1 amide bonds. The minimum atomic E-state index is -3.73. The van der Waals surface area contributed by atoms with Gasteiger partial charge >= 0.3 is 0 Å². The standard InChI is InChI=1S/C13H20N2O4S/c1-4-10(3)15-13(16)8-19-12-6-5-11(7-9(12)2)20(14,17)18/h5-7,10H,4,8H2,1-3H3,(H,15,16)(H2,14,17,18). The molecule has 112 valence electrons. The second-order valence-electron chi connectivity index (χ2n) is 4.64. The van der Waals surface area contributed by atoms with E-state index in [1.165, 1.54) is 18.2 Å². The number of rotatable bonds is 6. The van der Waals surface area contributed by atoms with E-state index in [0.717, 1.165) is 6.42 Å². The Hall–Kier alpha value is -1.60. The van der Waals surface area contributed by atoms with Crippen LogP contribution in [-0.2, 0) is 14.8 Å². The van der Waals surface area contributed by atoms with Crippen LogP contribution in [0.3, 0.4) is 0 Å². The van der Waals surface area contributed by atoms with E-state index in [9.17, 15) is 13.2 Å². The van der Waals surface area contributed by atoms with Crippen molar-refractivity contribution in [3.05, 3.63) is 23.8 Å². The highest BCUT2D eigenvalue weighted by Gasteiger charge is 2.11. The van der Waals surface area contributed by atoms with E-state index in [0.29, 0.717) is 11.3 Å². The van der Waals surface area contributed by atoms with Crippen LogP contribution < -0.4 is 15.2 Å². The Morgan fingerprint density at radius 1 is 1.45 bits per heavy atom. The lowest BCUT2D eigenvalue weighted by molar-refractivity contribution is -0.123. The second-order valence-corrected chi connectivity index (χ2v) is 6.20. The summed E-state index contributed by atoms with van der Waals surface area (Å²) in [4.78, 5) is 11.6. The zero-order valence-corrected chi connectivity index (χ0v) is 12.7. The molecule has 0 saturated heterocycles. The van der Waals surface area contributed by atoms with Gasteiger partial charge in [-0.1, -0.05) is 6.92 Å². The normalized spacial score (nSPS) is 12.8. The highest BCUT2D eigenvalue weighted by Crippen LogP contribution is 2.20. The average molecular weight is 300 g/mol. The average Bonchev–Trinajstić information content (AvgIpc) is 2.35. The molecule has 0 aliphatic carbocycles. The van der Waals surface area contributed by atoms with Gasteiger partial charge in [-0.2, -0.15) is 0 Å². The molecular formula is C13H20N2O4S. The van der Waals surface area contributed by atoms with Gasteiger partial charge in [-0.3, -0.25) is 4.79 Å². The number of carbonyl (C=O) groups is 1. The third-order valence-corrected chi connectivity index (χ3v) is 3.76. The van der Waals surface area contributed by atoms with Gasteiger partial charge < -0.3 is 10.1 Å². The van der Waals surface area contributed by atoms with Gasteiger partial charge in [-0.05, 0) is 44.0 Å². The number of nitrogens with one attached hydrogen (secondary N) is 1. The summed E-state index contributed by atoms with van der Waals surface area (Å²) in [6, 6.07) is 4.35. The molecule has 3 N–H and O–H groups in total. The van der Waals surface area contributed by atoms with Crippen molar-refractivity contribution in [1.82, 2.24) is 5.32 Å². The summed E-state index contributed by atoms with van der Waals surface area (Å²) in [5.74, 6) is 0.242. The monoisotopic (exact) mass is 300 g/mol. The summed E-state index contributed by atoms with van der Waals surface area (Å²) >= 11 is 0. The van der Waals surface area contributed by atoms with Crippen LogP contribution in [0.4, 0.5) is 0 Å². The number of benzene rings is 1. The van der Waals surface area contributed by atoms with Crippen LogP contribution >= 0.6 is 0 Å². The van der Waals surface area contributed by atoms with Crippen molar-refractivity contribution in [2.75, 3.05) is 6.61 Å². The molecule has 0 spiro atoms. The number of aryl methyl sites for hydroxylation is 1. The molecule has 0 heterocycles. The summed E-state index contributed by atoms with van der Waals surface area (Å²) in [5, 5.41) is 7.81. The fraction of sp³-hybridized carbons (Fsp3) is 0.462. The van der Waals surface area contributed by atoms with Gasteiger partial charge in [0, 0.05) is 6.04 Å². The van der Waals surface area contributed by atoms with Gasteiger partial charge in [0.2, 0.25) is 10.0 Å². The van der Waals surface area contributed by atoms with Crippen molar-refractivity contribution < 1.29 is 17.9 Å². The van der Waals surface area contributed by atoms with Gasteiger partial charge in [0.15, 0.2) is 6.61 Å². The highest BCUT2D eigenvalue weighted by molar-refractivity contribution is 7.89. The molecule has 0 aliphatic rings. The number of hydrogen-bond donors (Lipinski definition) is 2. The minimum Gasteiger partial charge on any atom is -0.484 e. The van der Waals surface area contributed by atoms with Gasteiger partial charge in [-0.15, -0.1) is 0 Å². The molecule has 7 heteroatoms. The predicted octanol–water partition coefficient (Wildman–Crippen LogP) is 0.936. The fourth-order valence-electron chi connectivity index (χ4n) is 1.52. The number of amides is 1. The Balaban J connectivity index is 2.68. The van der Waals surface area contributed by atoms with E-state index in [-0.39, 0.29) is 23.5 Å². The molecule has 1 atom stereocenters. The zero-order chi connectivity index (χ0) is 15.3. The molecule has 0 aliphatic heterocycles. The molecule has 1 unspecified atom stereocenters. The van der Waals surface area contributed by atoms with Crippen molar-refractivity contribution in [1.29, 1.82) is 0 Å². The van der Waals surface area contributed by atoms with E-state index in [1.807, 2.05) is 13.8 Å². The summed E-state index contributed by atoms with van der Waals surface area (Å²) in [7, 11) is -3.73. The number of primary sulfonamides is 1.